The maximum absolute atomic E-state index is 12.4. The number of aromatic nitrogens is 2. The number of likely N-dealkylation sites (N-methyl/N-ethyl adjacent to an activating group) is 1. The fourth-order valence-corrected chi connectivity index (χ4v) is 2.52. The SMILES string of the molecule is CN(C)C(=O)[C@@H]1CCCN1C(=O)[C@@H](N)Cc1cnc[nH]1. The van der Waals surface area contributed by atoms with Gasteiger partial charge in [-0.05, 0) is 12.8 Å². The molecule has 0 aromatic carbocycles. The number of hydrogen-bond acceptors (Lipinski definition) is 4. The second kappa shape index (κ2) is 6.04. The lowest BCUT2D eigenvalue weighted by molar-refractivity contribution is -0.143. The van der Waals surface area contributed by atoms with Gasteiger partial charge < -0.3 is 20.5 Å². The molecule has 0 saturated carbocycles. The van der Waals surface area contributed by atoms with Crippen LogP contribution in [-0.4, -0.2) is 64.3 Å². The number of likely N-dealkylation sites (tertiary alicyclic amines) is 1. The molecule has 0 spiro atoms. The number of aromatic amines is 1. The van der Waals surface area contributed by atoms with Gasteiger partial charge >= 0.3 is 0 Å². The molecule has 1 aromatic rings. The maximum Gasteiger partial charge on any atom is 0.244 e. The zero-order valence-electron chi connectivity index (χ0n) is 11.9. The van der Waals surface area contributed by atoms with E-state index < -0.39 is 6.04 Å². The Morgan fingerprint density at radius 2 is 2.35 bits per heavy atom. The number of H-pyrrole nitrogens is 1. The molecule has 2 atom stereocenters. The van der Waals surface area contributed by atoms with Crippen LogP contribution in [0.3, 0.4) is 0 Å². The fraction of sp³-hybridized carbons (Fsp3) is 0.615. The van der Waals surface area contributed by atoms with Crippen LogP contribution in [0.2, 0.25) is 0 Å². The smallest absolute Gasteiger partial charge is 0.244 e. The van der Waals surface area contributed by atoms with Crippen molar-refractivity contribution in [2.24, 2.45) is 5.73 Å². The number of rotatable bonds is 4. The van der Waals surface area contributed by atoms with Gasteiger partial charge in [0.15, 0.2) is 0 Å². The first-order valence-corrected chi connectivity index (χ1v) is 6.75. The summed E-state index contributed by atoms with van der Waals surface area (Å²) >= 11 is 0. The minimum absolute atomic E-state index is 0.0374. The molecule has 1 fully saturated rings. The molecule has 110 valence electrons. The number of hydrogen-bond donors (Lipinski definition) is 2. The van der Waals surface area contributed by atoms with Crippen LogP contribution in [0.5, 0.6) is 0 Å². The summed E-state index contributed by atoms with van der Waals surface area (Å²) in [6, 6.07) is -1.02. The number of nitrogens with zero attached hydrogens (tertiary/aromatic N) is 3. The van der Waals surface area contributed by atoms with Gasteiger partial charge in [0, 0.05) is 39.0 Å². The molecule has 3 N–H and O–H groups in total. The lowest BCUT2D eigenvalue weighted by Gasteiger charge is -2.28. The average Bonchev–Trinajstić information content (AvgIpc) is 3.07. The minimum atomic E-state index is -0.647. The van der Waals surface area contributed by atoms with Gasteiger partial charge in [0.25, 0.3) is 0 Å². The number of nitrogens with one attached hydrogen (secondary N) is 1. The molecule has 2 amide bonds. The van der Waals surface area contributed by atoms with Crippen molar-refractivity contribution in [3.8, 4) is 0 Å². The highest BCUT2D eigenvalue weighted by atomic mass is 16.2. The summed E-state index contributed by atoms with van der Waals surface area (Å²) in [5.74, 6) is -0.207. The lowest BCUT2D eigenvalue weighted by Crippen LogP contribution is -2.51. The van der Waals surface area contributed by atoms with Gasteiger partial charge in [0.1, 0.15) is 6.04 Å². The van der Waals surface area contributed by atoms with Gasteiger partial charge in [-0.3, -0.25) is 9.59 Å². The van der Waals surface area contributed by atoms with E-state index in [0.29, 0.717) is 19.4 Å². The van der Waals surface area contributed by atoms with E-state index in [4.69, 9.17) is 5.73 Å². The average molecular weight is 279 g/mol. The normalized spacial score (nSPS) is 19.9. The lowest BCUT2D eigenvalue weighted by atomic mass is 10.1. The van der Waals surface area contributed by atoms with Crippen molar-refractivity contribution in [1.82, 2.24) is 19.8 Å². The molecular weight excluding hydrogens is 258 g/mol. The zero-order valence-corrected chi connectivity index (χ0v) is 11.9. The Balaban J connectivity index is 2.02. The second-order valence-corrected chi connectivity index (χ2v) is 5.31. The molecule has 2 rings (SSSR count). The van der Waals surface area contributed by atoms with Crippen molar-refractivity contribution in [3.63, 3.8) is 0 Å². The van der Waals surface area contributed by atoms with E-state index in [1.807, 2.05) is 0 Å². The summed E-state index contributed by atoms with van der Waals surface area (Å²) in [6.45, 7) is 0.597. The zero-order chi connectivity index (χ0) is 14.7. The van der Waals surface area contributed by atoms with Crippen molar-refractivity contribution in [2.75, 3.05) is 20.6 Å². The van der Waals surface area contributed by atoms with Crippen molar-refractivity contribution >= 4 is 11.8 Å². The van der Waals surface area contributed by atoms with E-state index in [2.05, 4.69) is 9.97 Å². The molecule has 2 heterocycles. The van der Waals surface area contributed by atoms with E-state index in [1.54, 1.807) is 31.5 Å². The summed E-state index contributed by atoms with van der Waals surface area (Å²) in [6.07, 6.45) is 5.16. The van der Waals surface area contributed by atoms with Crippen LogP contribution in [0.1, 0.15) is 18.5 Å². The van der Waals surface area contributed by atoms with E-state index in [0.717, 1.165) is 12.1 Å². The van der Waals surface area contributed by atoms with E-state index in [9.17, 15) is 9.59 Å². The first-order chi connectivity index (χ1) is 9.50. The predicted molar refractivity (Wildman–Crippen MR) is 73.7 cm³/mol. The highest BCUT2D eigenvalue weighted by molar-refractivity contribution is 5.90. The molecule has 0 radical (unpaired) electrons. The second-order valence-electron chi connectivity index (χ2n) is 5.31. The van der Waals surface area contributed by atoms with Gasteiger partial charge in [-0.25, -0.2) is 4.98 Å². The fourth-order valence-electron chi connectivity index (χ4n) is 2.52. The molecule has 20 heavy (non-hydrogen) atoms. The van der Waals surface area contributed by atoms with E-state index in [-0.39, 0.29) is 17.9 Å². The Labute approximate surface area is 118 Å². The molecule has 0 bridgehead atoms. The summed E-state index contributed by atoms with van der Waals surface area (Å²) in [5, 5.41) is 0. The van der Waals surface area contributed by atoms with Crippen molar-refractivity contribution in [2.45, 2.75) is 31.3 Å². The van der Waals surface area contributed by atoms with E-state index >= 15 is 0 Å². The Kier molecular flexibility index (Phi) is 4.39. The van der Waals surface area contributed by atoms with Crippen LogP contribution >= 0.6 is 0 Å². The van der Waals surface area contributed by atoms with Crippen LogP contribution in [0.15, 0.2) is 12.5 Å². The topological polar surface area (TPSA) is 95.3 Å². The van der Waals surface area contributed by atoms with Gasteiger partial charge in [-0.15, -0.1) is 0 Å². The first kappa shape index (κ1) is 14.5. The molecule has 0 aliphatic carbocycles. The highest BCUT2D eigenvalue weighted by Crippen LogP contribution is 2.20. The Bertz CT molecular complexity index is 471. The van der Waals surface area contributed by atoms with Crippen LogP contribution in [0.4, 0.5) is 0 Å². The van der Waals surface area contributed by atoms with Crippen LogP contribution in [0.25, 0.3) is 0 Å². The quantitative estimate of drug-likeness (QED) is 0.766. The van der Waals surface area contributed by atoms with Crippen molar-refractivity contribution in [1.29, 1.82) is 0 Å². The number of nitrogens with two attached hydrogens (primary N) is 1. The van der Waals surface area contributed by atoms with Crippen LogP contribution < -0.4 is 5.73 Å². The number of carbonyl (C=O) groups is 2. The summed E-state index contributed by atoms with van der Waals surface area (Å²) in [5.41, 5.74) is 6.78. The third kappa shape index (κ3) is 2.98. The Morgan fingerprint density at radius 3 is 2.95 bits per heavy atom. The molecule has 0 unspecified atom stereocenters. The molecule has 1 aliphatic heterocycles. The summed E-state index contributed by atoms with van der Waals surface area (Å²) < 4.78 is 0. The highest BCUT2D eigenvalue weighted by Gasteiger charge is 2.36. The molecule has 1 aliphatic rings. The van der Waals surface area contributed by atoms with Crippen LogP contribution in [0, 0.1) is 0 Å². The predicted octanol–water partition coefficient (Wildman–Crippen LogP) is -0.641. The molecular formula is C13H21N5O2. The third-order valence-corrected chi connectivity index (χ3v) is 3.57. The maximum atomic E-state index is 12.4. The van der Waals surface area contributed by atoms with E-state index in [1.165, 1.54) is 4.90 Å². The van der Waals surface area contributed by atoms with Gasteiger partial charge in [0.2, 0.25) is 11.8 Å². The third-order valence-electron chi connectivity index (χ3n) is 3.57. The van der Waals surface area contributed by atoms with Crippen molar-refractivity contribution < 1.29 is 9.59 Å². The van der Waals surface area contributed by atoms with Crippen molar-refractivity contribution in [3.05, 3.63) is 18.2 Å². The Hall–Kier alpha value is -1.89. The largest absolute Gasteiger partial charge is 0.348 e. The molecule has 7 nitrogen and oxygen atoms in total. The Morgan fingerprint density at radius 1 is 1.60 bits per heavy atom. The summed E-state index contributed by atoms with van der Waals surface area (Å²) in [7, 11) is 3.40. The standard InChI is InChI=1S/C13H21N5O2/c1-17(2)13(20)11-4-3-5-18(11)12(19)10(14)6-9-7-15-8-16-9/h7-8,10-11H,3-6,14H2,1-2H3,(H,15,16)/t10-,11-/m0/s1. The van der Waals surface area contributed by atoms with Gasteiger partial charge in [0.05, 0.1) is 12.4 Å². The first-order valence-electron chi connectivity index (χ1n) is 6.75. The molecule has 1 saturated heterocycles. The molecule has 1 aromatic heterocycles. The molecule has 7 heteroatoms. The number of carbonyl (C=O) groups excluding carboxylic acids is 2. The van der Waals surface area contributed by atoms with Gasteiger partial charge in [-0.1, -0.05) is 0 Å². The van der Waals surface area contributed by atoms with Gasteiger partial charge in [-0.2, -0.15) is 0 Å². The minimum Gasteiger partial charge on any atom is -0.348 e. The summed E-state index contributed by atoms with van der Waals surface area (Å²) in [4.78, 5) is 34.4. The monoisotopic (exact) mass is 279 g/mol. The number of amides is 2. The number of imidazole rings is 1. The van der Waals surface area contributed by atoms with Crippen LogP contribution in [-0.2, 0) is 16.0 Å².